The summed E-state index contributed by atoms with van der Waals surface area (Å²) in [6.45, 7) is 28.5. The van der Waals surface area contributed by atoms with Crippen LogP contribution in [0.15, 0.2) is 81.6 Å². The van der Waals surface area contributed by atoms with Gasteiger partial charge >= 0.3 is 0 Å². The lowest BCUT2D eigenvalue weighted by Crippen LogP contribution is -2.34. The molecule has 4 aliphatic heterocycles. The van der Waals surface area contributed by atoms with E-state index in [1.807, 2.05) is 55.1 Å². The van der Waals surface area contributed by atoms with Gasteiger partial charge in [-0.1, -0.05) is 262 Å². The van der Waals surface area contributed by atoms with E-state index in [1.54, 1.807) is 22.7 Å². The SMILES string of the molecule is CCCCCCCCCCCCn1c2c3sc(-c4ccc(C5=C6C(=O)N(CC(CC)CCCC)C(c7cccs7)=C6C(=O)N5CC(CC)CCCC)s4)c(CCCCCC)c3sc2c2sc3c(CCCCCC)c(-c4ccc(C5=C6C(=O)N(CC(CC)CCCC)C(c7cccs7)=C6C(=O)N5CC(CC)CCCC)s4)sc3c21. The second-order valence-corrected chi connectivity index (χ2v) is 41.3. The van der Waals surface area contributed by atoms with Gasteiger partial charge in [0.2, 0.25) is 0 Å². The Hall–Kier alpha value is -5.24. The fraction of sp³-hybridized carbons (Fsp3) is 0.583. The molecule has 4 atom stereocenters. The normalized spacial score (nSPS) is 16.0. The van der Waals surface area contributed by atoms with Gasteiger partial charge in [0.05, 0.1) is 104 Å². The average Bonchev–Trinajstić information content (AvgIpc) is 1.53. The number of amides is 4. The number of unbranched alkanes of at least 4 members (excludes halogenated alkanes) is 19. The van der Waals surface area contributed by atoms with Gasteiger partial charge in [-0.3, -0.25) is 19.2 Å². The van der Waals surface area contributed by atoms with E-state index in [2.05, 4.69) is 172 Å². The summed E-state index contributed by atoms with van der Waals surface area (Å²) in [4.78, 5) is 80.4. The maximum absolute atomic E-state index is 15.8. The summed E-state index contributed by atoms with van der Waals surface area (Å²) in [6.07, 6.45) is 41.4. The largest absolute Gasteiger partial charge is 0.337 e. The summed E-state index contributed by atoms with van der Waals surface area (Å²) in [5, 5.41) is 4.19. The van der Waals surface area contributed by atoms with Crippen molar-refractivity contribution < 1.29 is 19.2 Å². The number of fused-ring (bicyclic) bond motifs is 9. The van der Waals surface area contributed by atoms with Gasteiger partial charge < -0.3 is 24.2 Å². The van der Waals surface area contributed by atoms with Gasteiger partial charge in [0.1, 0.15) is 0 Å². The monoisotopic (exact) mass is 1670 g/mol. The number of aromatic nitrogens is 1. The minimum atomic E-state index is -0.00794. The number of carbonyl (C=O) groups is 4. The minimum Gasteiger partial charge on any atom is -0.337 e. The van der Waals surface area contributed by atoms with Crippen molar-refractivity contribution in [2.75, 3.05) is 26.2 Å². The molecule has 9 aromatic rings. The van der Waals surface area contributed by atoms with Crippen molar-refractivity contribution in [3.05, 3.63) is 112 Å². The third-order valence-electron chi connectivity index (χ3n) is 25.2. The zero-order valence-electron chi connectivity index (χ0n) is 70.2. The summed E-state index contributed by atoms with van der Waals surface area (Å²) < 4.78 is 11.4. The molecule has 0 aliphatic carbocycles. The molecule has 9 nitrogen and oxygen atoms in total. The Morgan fingerprint density at radius 1 is 0.292 bits per heavy atom. The fourth-order valence-electron chi connectivity index (χ4n) is 18.4. The zero-order valence-corrected chi connectivity index (χ0v) is 76.7. The molecule has 0 radical (unpaired) electrons. The van der Waals surface area contributed by atoms with Crippen molar-refractivity contribution >= 4 is 176 Å². The topological polar surface area (TPSA) is 86.2 Å². The van der Waals surface area contributed by atoms with E-state index in [1.165, 1.54) is 166 Å². The van der Waals surface area contributed by atoms with Gasteiger partial charge in [-0.15, -0.1) is 90.7 Å². The lowest BCUT2D eigenvalue weighted by molar-refractivity contribution is -0.124. The van der Waals surface area contributed by atoms with Crippen molar-refractivity contribution in [1.29, 1.82) is 0 Å². The van der Waals surface area contributed by atoms with Gasteiger partial charge in [0.15, 0.2) is 0 Å². The highest BCUT2D eigenvalue weighted by atomic mass is 32.1. The molecule has 610 valence electrons. The van der Waals surface area contributed by atoms with Crippen LogP contribution < -0.4 is 0 Å². The van der Waals surface area contributed by atoms with Crippen LogP contribution in [-0.2, 0) is 38.6 Å². The van der Waals surface area contributed by atoms with Crippen LogP contribution in [0.1, 0.15) is 325 Å². The molecule has 13 heterocycles. The molecule has 0 spiro atoms. The van der Waals surface area contributed by atoms with Crippen LogP contribution in [0.3, 0.4) is 0 Å². The molecule has 17 heteroatoms. The number of rotatable bonds is 51. The highest BCUT2D eigenvalue weighted by Gasteiger charge is 2.52. The lowest BCUT2D eigenvalue weighted by Gasteiger charge is -2.29. The number of nitrogens with zero attached hydrogens (tertiary/aromatic N) is 5. The van der Waals surface area contributed by atoms with Gasteiger partial charge in [0.25, 0.3) is 23.6 Å². The van der Waals surface area contributed by atoms with Crippen LogP contribution in [0.25, 0.3) is 81.5 Å². The first-order valence-corrected chi connectivity index (χ1v) is 51.5. The van der Waals surface area contributed by atoms with Crippen molar-refractivity contribution in [2.45, 2.75) is 314 Å². The molecule has 0 bridgehead atoms. The third-order valence-corrected chi connectivity index (χ3v) is 34.8. The van der Waals surface area contributed by atoms with Gasteiger partial charge in [-0.25, -0.2) is 0 Å². The van der Waals surface area contributed by atoms with Crippen molar-refractivity contribution in [3.63, 3.8) is 0 Å². The van der Waals surface area contributed by atoms with Gasteiger partial charge in [-0.05, 0) is 140 Å². The van der Waals surface area contributed by atoms with E-state index in [0.29, 0.717) is 72.1 Å². The first kappa shape index (κ1) is 85.6. The Morgan fingerprint density at radius 3 is 0.894 bits per heavy atom. The fourth-order valence-corrected chi connectivity index (χ4v) is 28.4. The van der Waals surface area contributed by atoms with Crippen LogP contribution in [0.4, 0.5) is 0 Å². The Balaban J connectivity index is 0.958. The Labute approximate surface area is 709 Å². The molecule has 0 fully saturated rings. The Kier molecular flexibility index (Phi) is 31.0. The van der Waals surface area contributed by atoms with Crippen LogP contribution in [0.2, 0.25) is 0 Å². The first-order valence-electron chi connectivity index (χ1n) is 44.8. The Bertz CT molecular complexity index is 4550. The second-order valence-electron chi connectivity index (χ2n) is 33.2. The zero-order chi connectivity index (χ0) is 79.2. The van der Waals surface area contributed by atoms with E-state index in [0.717, 1.165) is 184 Å². The highest BCUT2D eigenvalue weighted by Crippen LogP contribution is 2.59. The maximum atomic E-state index is 15.8. The molecule has 113 heavy (non-hydrogen) atoms. The summed E-state index contributed by atoms with van der Waals surface area (Å²) in [5.74, 6) is 1.29. The molecular formula is C96H129N5O4S8. The molecular weight excluding hydrogens is 1540 g/mol. The number of hydrogen-bond donors (Lipinski definition) is 0. The summed E-state index contributed by atoms with van der Waals surface area (Å²) in [6, 6.07) is 17.6. The summed E-state index contributed by atoms with van der Waals surface area (Å²) >= 11 is 15.1. The van der Waals surface area contributed by atoms with Crippen LogP contribution >= 0.6 is 90.7 Å². The number of aryl methyl sites for hydroxylation is 3. The van der Waals surface area contributed by atoms with E-state index in [9.17, 15) is 0 Å². The molecule has 0 saturated carbocycles. The van der Waals surface area contributed by atoms with Crippen molar-refractivity contribution in [2.24, 2.45) is 23.7 Å². The minimum absolute atomic E-state index is 0.00794. The molecule has 4 unspecified atom stereocenters. The number of hydrogen-bond acceptors (Lipinski definition) is 12. The quantitative estimate of drug-likeness (QED) is 0.0356. The lowest BCUT2D eigenvalue weighted by atomic mass is 9.98. The summed E-state index contributed by atoms with van der Waals surface area (Å²) in [5.41, 5.74) is 11.6. The third kappa shape index (κ3) is 18.1. The maximum Gasteiger partial charge on any atom is 0.261 e. The Morgan fingerprint density at radius 2 is 0.584 bits per heavy atom. The molecule has 0 N–H and O–H groups in total. The highest BCUT2D eigenvalue weighted by molar-refractivity contribution is 7.40. The molecule has 4 aliphatic rings. The van der Waals surface area contributed by atoms with Crippen LogP contribution in [0, 0.1) is 23.7 Å². The summed E-state index contributed by atoms with van der Waals surface area (Å²) in [7, 11) is 0. The molecule has 13 rings (SSSR count). The molecule has 9 aromatic heterocycles. The van der Waals surface area contributed by atoms with Crippen LogP contribution in [-0.4, -0.2) is 74.0 Å². The van der Waals surface area contributed by atoms with E-state index >= 15 is 19.2 Å². The molecule has 4 amide bonds. The van der Waals surface area contributed by atoms with Gasteiger partial charge in [-0.2, -0.15) is 0 Å². The smallest absolute Gasteiger partial charge is 0.261 e. The predicted molar refractivity (Wildman–Crippen MR) is 497 cm³/mol. The second kappa shape index (κ2) is 41.0. The first-order chi connectivity index (χ1) is 55.3. The molecule has 0 saturated heterocycles. The molecule has 0 aromatic carbocycles. The van der Waals surface area contributed by atoms with E-state index in [-0.39, 0.29) is 23.6 Å². The average molecular weight is 1670 g/mol. The van der Waals surface area contributed by atoms with Crippen LogP contribution in [0.5, 0.6) is 0 Å². The number of carbonyl (C=O) groups excluding carboxylic acids is 4. The number of thiophene rings is 8. The van der Waals surface area contributed by atoms with E-state index in [4.69, 9.17) is 0 Å². The predicted octanol–water partition coefficient (Wildman–Crippen LogP) is 30.6. The standard InChI is InChI=1S/C96H129N5O4S8/c1-12-23-30-33-34-35-36-37-38-41-56-97-83-89-87(67(48-39-31-24-13-2)85(110-89)73-54-52-71(108-73)81-77-75(93(102)100(81)61-65(21-10)46-28-17-6)79(69-50-42-57-106-69)98(95(77)104)59-63(19-8)44-26-15-4)112-91(83)92-84(97)90-88(113-92)68(49-40-32-25-14-3)86(111-90)74-55-53-72(109-74)82-78-76(94(103)101(82)62-66(22-11)47-29-18-7)80(70-51-43-58-107-70)99(96(78)105)60-64(20-9)45-27-16-5/h42-43,50-55,57-58,63-66H,12-41,44-49,56,59-62H2,1-11H3. The van der Waals surface area contributed by atoms with Crippen molar-refractivity contribution in [1.82, 2.24) is 24.2 Å². The van der Waals surface area contributed by atoms with Gasteiger partial charge in [0, 0.05) is 52.2 Å². The van der Waals surface area contributed by atoms with E-state index < -0.39 is 0 Å². The van der Waals surface area contributed by atoms with Crippen molar-refractivity contribution in [3.8, 4) is 19.5 Å².